The Morgan fingerprint density at radius 2 is 2.17 bits per heavy atom. The molecule has 0 radical (unpaired) electrons. The maximum Gasteiger partial charge on any atom is 0.316 e. The zero-order chi connectivity index (χ0) is 16.8. The number of aliphatic carboxylic acids is 1. The van der Waals surface area contributed by atoms with Crippen LogP contribution in [0.4, 0.5) is 0 Å². The lowest BCUT2D eigenvalue weighted by molar-refractivity contribution is -0.136. The Hall–Kier alpha value is -0.830. The van der Waals surface area contributed by atoms with Gasteiger partial charge < -0.3 is 9.84 Å². The van der Waals surface area contributed by atoms with E-state index in [0.717, 1.165) is 21.7 Å². The van der Waals surface area contributed by atoms with Gasteiger partial charge in [0, 0.05) is 16.7 Å². The van der Waals surface area contributed by atoms with Crippen LogP contribution in [0.25, 0.3) is 10.2 Å². The summed E-state index contributed by atoms with van der Waals surface area (Å²) in [5, 5.41) is 11.1. The lowest BCUT2D eigenvalue weighted by Crippen LogP contribution is -2.31. The minimum atomic E-state index is -0.833. The number of thioether (sulfide) groups is 2. The van der Waals surface area contributed by atoms with E-state index in [4.69, 9.17) is 4.74 Å². The van der Waals surface area contributed by atoms with Crippen molar-refractivity contribution in [3.8, 4) is 0 Å². The molecule has 23 heavy (non-hydrogen) atoms. The summed E-state index contributed by atoms with van der Waals surface area (Å²) in [6.07, 6.45) is 2.72. The SMILES string of the molecule is CSc1nc(S[C@@H](C)C(=O)O)c2c3c(sc2n1)COC(C)(C)C3. The molecule has 1 atom stereocenters. The van der Waals surface area contributed by atoms with Crippen LogP contribution in [0.5, 0.6) is 0 Å². The maximum atomic E-state index is 11.2. The molecule has 0 aromatic carbocycles. The third-order valence-electron chi connectivity index (χ3n) is 3.70. The molecule has 2 aromatic heterocycles. The molecular formula is C15H18N2O3S3. The van der Waals surface area contributed by atoms with Gasteiger partial charge in [-0.25, -0.2) is 9.97 Å². The van der Waals surface area contributed by atoms with Crippen molar-refractivity contribution in [2.75, 3.05) is 6.26 Å². The van der Waals surface area contributed by atoms with Crippen LogP contribution in [0.2, 0.25) is 0 Å². The van der Waals surface area contributed by atoms with E-state index in [1.54, 1.807) is 18.3 Å². The number of carboxylic acids is 1. The summed E-state index contributed by atoms with van der Waals surface area (Å²) in [5.41, 5.74) is 0.994. The van der Waals surface area contributed by atoms with E-state index in [2.05, 4.69) is 23.8 Å². The number of thiophene rings is 1. The lowest BCUT2D eigenvalue weighted by atomic mass is 9.95. The Morgan fingerprint density at radius 1 is 1.43 bits per heavy atom. The number of aromatic nitrogens is 2. The van der Waals surface area contributed by atoms with Gasteiger partial charge in [0.05, 0.1) is 12.2 Å². The van der Waals surface area contributed by atoms with Crippen LogP contribution in [-0.4, -0.2) is 38.2 Å². The second-order valence-corrected chi connectivity index (χ2v) is 9.21. The Bertz CT molecular complexity index is 773. The molecule has 0 fully saturated rings. The lowest BCUT2D eigenvalue weighted by Gasteiger charge is -2.30. The second-order valence-electron chi connectivity index (χ2n) is 6.02. The number of hydrogen-bond donors (Lipinski definition) is 1. The summed E-state index contributed by atoms with van der Waals surface area (Å²) in [5.74, 6) is -0.833. The van der Waals surface area contributed by atoms with Crippen LogP contribution in [0.1, 0.15) is 31.2 Å². The molecule has 0 spiro atoms. The van der Waals surface area contributed by atoms with E-state index in [0.29, 0.717) is 11.8 Å². The topological polar surface area (TPSA) is 72.3 Å². The minimum absolute atomic E-state index is 0.223. The predicted octanol–water partition coefficient (Wildman–Crippen LogP) is 3.83. The van der Waals surface area contributed by atoms with Gasteiger partial charge in [0.2, 0.25) is 0 Å². The summed E-state index contributed by atoms with van der Waals surface area (Å²) in [6, 6.07) is 0. The molecule has 8 heteroatoms. The Morgan fingerprint density at radius 3 is 2.83 bits per heavy atom. The molecule has 1 N–H and O–H groups in total. The third kappa shape index (κ3) is 3.35. The molecule has 1 aliphatic rings. The van der Waals surface area contributed by atoms with E-state index in [-0.39, 0.29) is 5.60 Å². The van der Waals surface area contributed by atoms with E-state index >= 15 is 0 Å². The molecule has 0 saturated heterocycles. The van der Waals surface area contributed by atoms with Gasteiger partial charge in [-0.15, -0.1) is 11.3 Å². The summed E-state index contributed by atoms with van der Waals surface area (Å²) < 4.78 is 5.89. The standard InChI is InChI=1S/C15H18N2O3S3/c1-7(13(18)19)22-11-10-8-5-15(2,3)20-6-9(8)23-12(10)17-14(16-11)21-4/h7H,5-6H2,1-4H3,(H,18,19)/t7-/m0/s1. The van der Waals surface area contributed by atoms with Crippen LogP contribution >= 0.6 is 34.9 Å². The normalized spacial score (nSPS) is 17.9. The van der Waals surface area contributed by atoms with Gasteiger partial charge in [-0.2, -0.15) is 0 Å². The second kappa shape index (κ2) is 6.23. The fraction of sp³-hybridized carbons (Fsp3) is 0.533. The number of carboxylic acid groups (broad SMARTS) is 1. The van der Waals surface area contributed by atoms with E-state index in [9.17, 15) is 9.90 Å². The van der Waals surface area contributed by atoms with Crippen LogP contribution < -0.4 is 0 Å². The van der Waals surface area contributed by atoms with E-state index < -0.39 is 11.2 Å². The molecule has 5 nitrogen and oxygen atoms in total. The van der Waals surface area contributed by atoms with Gasteiger partial charge in [0.25, 0.3) is 0 Å². The monoisotopic (exact) mass is 370 g/mol. The van der Waals surface area contributed by atoms with Gasteiger partial charge in [0.1, 0.15) is 15.1 Å². The van der Waals surface area contributed by atoms with Gasteiger partial charge >= 0.3 is 5.97 Å². The fourth-order valence-corrected chi connectivity index (χ4v) is 5.05. The van der Waals surface area contributed by atoms with Crippen molar-refractivity contribution in [2.45, 2.75) is 54.8 Å². The quantitative estimate of drug-likeness (QED) is 0.498. The predicted molar refractivity (Wildman–Crippen MR) is 94.7 cm³/mol. The number of fused-ring (bicyclic) bond motifs is 3. The molecule has 3 rings (SSSR count). The van der Waals surface area contributed by atoms with E-state index in [1.165, 1.54) is 34.0 Å². The van der Waals surface area contributed by atoms with Crippen molar-refractivity contribution in [3.63, 3.8) is 0 Å². The zero-order valence-electron chi connectivity index (χ0n) is 13.4. The van der Waals surface area contributed by atoms with Gasteiger partial charge in [-0.3, -0.25) is 4.79 Å². The first kappa shape index (κ1) is 17.0. The molecule has 0 aliphatic carbocycles. The largest absolute Gasteiger partial charge is 0.480 e. The highest BCUT2D eigenvalue weighted by Crippen LogP contribution is 2.42. The number of hydrogen-bond acceptors (Lipinski definition) is 7. The average Bonchev–Trinajstić information content (AvgIpc) is 2.83. The minimum Gasteiger partial charge on any atom is -0.480 e. The van der Waals surface area contributed by atoms with Crippen LogP contribution in [0, 0.1) is 0 Å². The summed E-state index contributed by atoms with van der Waals surface area (Å²) in [4.78, 5) is 22.5. The van der Waals surface area contributed by atoms with Gasteiger partial charge in [-0.1, -0.05) is 23.5 Å². The van der Waals surface area contributed by atoms with Gasteiger partial charge in [0.15, 0.2) is 5.16 Å². The highest BCUT2D eigenvalue weighted by atomic mass is 32.2. The summed E-state index contributed by atoms with van der Waals surface area (Å²) in [7, 11) is 0. The highest BCUT2D eigenvalue weighted by molar-refractivity contribution is 8.00. The number of carbonyl (C=O) groups is 1. The molecule has 0 bridgehead atoms. The Kier molecular flexibility index (Phi) is 4.61. The molecule has 2 aromatic rings. The first-order chi connectivity index (χ1) is 10.8. The highest BCUT2D eigenvalue weighted by Gasteiger charge is 2.31. The zero-order valence-corrected chi connectivity index (χ0v) is 15.8. The van der Waals surface area contributed by atoms with Crippen molar-refractivity contribution in [1.82, 2.24) is 9.97 Å². The maximum absolute atomic E-state index is 11.2. The molecule has 1 aliphatic heterocycles. The smallest absolute Gasteiger partial charge is 0.316 e. The van der Waals surface area contributed by atoms with Crippen molar-refractivity contribution in [2.24, 2.45) is 0 Å². The van der Waals surface area contributed by atoms with E-state index in [1.807, 2.05) is 6.26 Å². The Labute approximate surface area is 147 Å². The third-order valence-corrected chi connectivity index (χ3v) is 6.42. The van der Waals surface area contributed by atoms with Crippen molar-refractivity contribution in [1.29, 1.82) is 0 Å². The molecule has 0 unspecified atom stereocenters. The summed E-state index contributed by atoms with van der Waals surface area (Å²) >= 11 is 4.39. The van der Waals surface area contributed by atoms with Gasteiger partial charge in [-0.05, 0) is 32.6 Å². The summed E-state index contributed by atoms with van der Waals surface area (Å²) in [6.45, 7) is 6.41. The molecular weight excluding hydrogens is 352 g/mol. The van der Waals surface area contributed by atoms with Crippen molar-refractivity contribution >= 4 is 51.0 Å². The first-order valence-electron chi connectivity index (χ1n) is 7.20. The average molecular weight is 371 g/mol. The number of rotatable bonds is 4. The number of nitrogens with zero attached hydrogens (tertiary/aromatic N) is 2. The van der Waals surface area contributed by atoms with Crippen molar-refractivity contribution in [3.05, 3.63) is 10.4 Å². The van der Waals surface area contributed by atoms with Crippen LogP contribution in [-0.2, 0) is 22.6 Å². The molecule has 0 amide bonds. The van der Waals surface area contributed by atoms with Crippen LogP contribution in [0.15, 0.2) is 10.2 Å². The molecule has 124 valence electrons. The fourth-order valence-electron chi connectivity index (χ4n) is 2.49. The molecule has 3 heterocycles. The Balaban J connectivity index is 2.16. The first-order valence-corrected chi connectivity index (χ1v) is 10.1. The van der Waals surface area contributed by atoms with Crippen molar-refractivity contribution < 1.29 is 14.6 Å². The molecule has 0 saturated carbocycles. The number of ether oxygens (including phenoxy) is 1. The van der Waals surface area contributed by atoms with Crippen LogP contribution in [0.3, 0.4) is 0 Å².